The predicted octanol–water partition coefficient (Wildman–Crippen LogP) is 1.36. The smallest absolute Gasteiger partial charge is 0.178 e. The van der Waals surface area contributed by atoms with Gasteiger partial charge in [0.15, 0.2) is 8.46 Å². The van der Waals surface area contributed by atoms with Crippen molar-refractivity contribution in [2.24, 2.45) is 0 Å². The number of hydrogen-bond acceptors (Lipinski definition) is 2. The lowest BCUT2D eigenvalue weighted by Gasteiger charge is -1.78. The Labute approximate surface area is 43.7 Å². The Balaban J connectivity index is 3.65. The minimum Gasteiger partial charge on any atom is -0.273 e. The number of nitriles is 1. The summed E-state index contributed by atoms with van der Waals surface area (Å²) in [4.78, 5) is 0. The van der Waals surface area contributed by atoms with E-state index >= 15 is 0 Å². The van der Waals surface area contributed by atoms with Crippen LogP contribution in [0.1, 0.15) is 0 Å². The molecule has 0 N–H and O–H groups in total. The second-order valence-corrected chi connectivity index (χ2v) is 1.68. The molecule has 0 heterocycles. The summed E-state index contributed by atoms with van der Waals surface area (Å²) < 4.78 is 9.77. The molecule has 0 radical (unpaired) electrons. The van der Waals surface area contributed by atoms with Gasteiger partial charge in [0.25, 0.3) is 0 Å². The molecule has 2 nitrogen and oxygen atoms in total. The molecule has 0 aliphatic rings. The average molecular weight is 113 g/mol. The Bertz CT molecular complexity index is 107. The van der Waals surface area contributed by atoms with Crippen molar-refractivity contribution in [2.75, 3.05) is 0 Å². The third-order valence-electron chi connectivity index (χ3n) is 0.469. The average Bonchev–Trinajstić information content (AvgIpc) is 1.72. The summed E-state index contributed by atoms with van der Waals surface area (Å²) in [6, 6.07) is 1.76. The Morgan fingerprint density at radius 3 is 2.57 bits per heavy atom. The van der Waals surface area contributed by atoms with Gasteiger partial charge in [-0.3, -0.25) is 4.57 Å². The van der Waals surface area contributed by atoms with Crippen molar-refractivity contribution < 1.29 is 4.57 Å². The molecule has 36 valence electrons. The van der Waals surface area contributed by atoms with Crippen LogP contribution < -0.4 is 0 Å². The summed E-state index contributed by atoms with van der Waals surface area (Å²) in [5.41, 5.74) is -0.528. The molecule has 0 aromatic carbocycles. The van der Waals surface area contributed by atoms with E-state index in [-0.39, 0.29) is 8.46 Å². The molecular formula is C4H4NOP. The zero-order valence-corrected chi connectivity index (χ0v) is 4.56. The lowest BCUT2D eigenvalue weighted by atomic mass is 10.5. The molecule has 0 spiro atoms. The van der Waals surface area contributed by atoms with E-state index in [4.69, 9.17) is 5.26 Å². The van der Waals surface area contributed by atoms with E-state index in [2.05, 4.69) is 6.58 Å². The molecule has 3 heteroatoms. The lowest BCUT2D eigenvalue weighted by Crippen LogP contribution is -1.82. The normalized spacial score (nSPS) is 12.4. The van der Waals surface area contributed by atoms with Gasteiger partial charge in [-0.15, -0.1) is 6.58 Å². The van der Waals surface area contributed by atoms with Crippen LogP contribution in [-0.4, -0.2) is 5.66 Å². The van der Waals surface area contributed by atoms with Crippen LogP contribution in [0.5, 0.6) is 0 Å². The second-order valence-electron chi connectivity index (χ2n) is 0.915. The number of allylic oxidation sites excluding steroid dienone is 1. The third-order valence-corrected chi connectivity index (χ3v) is 1.02. The molecule has 1 unspecified atom stereocenters. The molecule has 0 saturated carbocycles. The van der Waals surface area contributed by atoms with Crippen LogP contribution in [-0.2, 0) is 4.57 Å². The van der Waals surface area contributed by atoms with Gasteiger partial charge in [-0.2, -0.15) is 5.26 Å². The van der Waals surface area contributed by atoms with E-state index in [1.807, 2.05) is 0 Å². The highest BCUT2D eigenvalue weighted by Crippen LogP contribution is 2.03. The van der Waals surface area contributed by atoms with E-state index in [0.29, 0.717) is 0 Å². The molecule has 0 aliphatic heterocycles. The molecule has 0 aromatic heterocycles. The van der Waals surface area contributed by atoms with E-state index in [9.17, 15) is 4.57 Å². The molecule has 0 aromatic rings. The number of hydrogen-bond donors (Lipinski definition) is 0. The van der Waals surface area contributed by atoms with Gasteiger partial charge in [-0.25, -0.2) is 0 Å². The maximum Gasteiger partial charge on any atom is 0.178 e. The van der Waals surface area contributed by atoms with Crippen LogP contribution in [0, 0.1) is 11.3 Å². The quantitative estimate of drug-likeness (QED) is 0.400. The van der Waals surface area contributed by atoms with Gasteiger partial charge in [0.2, 0.25) is 0 Å². The maximum atomic E-state index is 9.77. The first-order valence-electron chi connectivity index (χ1n) is 1.69. The molecule has 0 aliphatic carbocycles. The molecule has 0 rings (SSSR count). The van der Waals surface area contributed by atoms with Crippen molar-refractivity contribution in [3.05, 3.63) is 12.7 Å². The molecule has 0 saturated heterocycles. The van der Waals surface area contributed by atoms with Crippen LogP contribution in [0.2, 0.25) is 0 Å². The summed E-state index contributed by atoms with van der Waals surface area (Å²) in [5, 5.41) is 8.00. The van der Waals surface area contributed by atoms with Crippen molar-refractivity contribution in [3.63, 3.8) is 0 Å². The lowest BCUT2D eigenvalue weighted by molar-refractivity contribution is 0.598. The first-order chi connectivity index (χ1) is 3.35. The Morgan fingerprint density at radius 2 is 2.57 bits per heavy atom. The van der Waals surface area contributed by atoms with Gasteiger partial charge in [0.05, 0.1) is 6.07 Å². The molecule has 0 amide bonds. The van der Waals surface area contributed by atoms with Gasteiger partial charge in [0.1, 0.15) is 5.66 Å². The molecule has 0 fully saturated rings. The zero-order chi connectivity index (χ0) is 5.70. The first kappa shape index (κ1) is 6.33. The van der Waals surface area contributed by atoms with Gasteiger partial charge in [0, 0.05) is 0 Å². The van der Waals surface area contributed by atoms with Crippen LogP contribution >= 0.6 is 8.46 Å². The highest BCUT2D eigenvalue weighted by molar-refractivity contribution is 7.25. The molecule has 1 atom stereocenters. The van der Waals surface area contributed by atoms with E-state index in [0.717, 1.165) is 0 Å². The molecule has 0 bridgehead atoms. The summed E-state index contributed by atoms with van der Waals surface area (Å²) in [5.74, 6) is 0. The van der Waals surface area contributed by atoms with Crippen LogP contribution in [0.4, 0.5) is 0 Å². The predicted molar refractivity (Wildman–Crippen MR) is 27.2 cm³/mol. The van der Waals surface area contributed by atoms with E-state index < -0.39 is 5.66 Å². The maximum absolute atomic E-state index is 9.77. The van der Waals surface area contributed by atoms with Crippen LogP contribution in [0.15, 0.2) is 12.7 Å². The largest absolute Gasteiger partial charge is 0.273 e. The number of nitrogens with zero attached hydrogens (tertiary/aromatic N) is 1. The topological polar surface area (TPSA) is 40.9 Å². The fraction of sp³-hybridized carbons (Fsp3) is 0.250. The van der Waals surface area contributed by atoms with Gasteiger partial charge in [-0.1, -0.05) is 6.08 Å². The van der Waals surface area contributed by atoms with Gasteiger partial charge in [-0.05, 0) is 0 Å². The summed E-state index contributed by atoms with van der Waals surface area (Å²) in [6.45, 7) is 3.27. The SMILES string of the molecule is C=CC(C#N)P=O. The highest BCUT2D eigenvalue weighted by atomic mass is 31.1. The monoisotopic (exact) mass is 113 g/mol. The standard InChI is InChI=1S/C4H4NOP/c1-2-4(3-5)7-6/h2,4H,1H2. The van der Waals surface area contributed by atoms with Crippen molar-refractivity contribution in [2.45, 2.75) is 5.66 Å². The third kappa shape index (κ3) is 2.08. The van der Waals surface area contributed by atoms with Crippen LogP contribution in [0.25, 0.3) is 0 Å². The van der Waals surface area contributed by atoms with Crippen LogP contribution in [0.3, 0.4) is 0 Å². The second kappa shape index (κ2) is 3.52. The summed E-state index contributed by atoms with van der Waals surface area (Å²) >= 11 is 0. The minimum atomic E-state index is -0.528. The van der Waals surface area contributed by atoms with Crippen molar-refractivity contribution in [1.82, 2.24) is 0 Å². The first-order valence-corrected chi connectivity index (χ1v) is 2.58. The molecule has 7 heavy (non-hydrogen) atoms. The molecular weight excluding hydrogens is 109 g/mol. The van der Waals surface area contributed by atoms with Gasteiger partial charge < -0.3 is 0 Å². The van der Waals surface area contributed by atoms with Crippen molar-refractivity contribution in [3.8, 4) is 6.07 Å². The number of rotatable bonds is 2. The minimum absolute atomic E-state index is 0.170. The fourth-order valence-corrected chi connectivity index (χ4v) is 0.253. The van der Waals surface area contributed by atoms with Crippen molar-refractivity contribution >= 4 is 8.46 Å². The Morgan fingerprint density at radius 1 is 2.00 bits per heavy atom. The zero-order valence-electron chi connectivity index (χ0n) is 3.66. The Kier molecular flexibility index (Phi) is 3.18. The van der Waals surface area contributed by atoms with Gasteiger partial charge >= 0.3 is 0 Å². The Hall–Kier alpha value is -0.670. The van der Waals surface area contributed by atoms with E-state index in [1.165, 1.54) is 6.08 Å². The van der Waals surface area contributed by atoms with E-state index in [1.54, 1.807) is 6.07 Å². The summed E-state index contributed by atoms with van der Waals surface area (Å²) in [6.07, 6.45) is 1.34. The highest BCUT2D eigenvalue weighted by Gasteiger charge is 1.95. The summed E-state index contributed by atoms with van der Waals surface area (Å²) in [7, 11) is -0.170. The van der Waals surface area contributed by atoms with Crippen molar-refractivity contribution in [1.29, 1.82) is 5.26 Å². The fourth-order valence-electron chi connectivity index (χ4n) is 0.119.